The van der Waals surface area contributed by atoms with E-state index in [4.69, 9.17) is 0 Å². The van der Waals surface area contributed by atoms with E-state index < -0.39 is 0 Å². The summed E-state index contributed by atoms with van der Waals surface area (Å²) in [4.78, 5) is 0. The Morgan fingerprint density at radius 2 is 2.05 bits per heavy atom. The third-order valence-corrected chi connectivity index (χ3v) is 8.21. The lowest BCUT2D eigenvalue weighted by Gasteiger charge is -2.55. The molecule has 1 N–H and O–H groups in total. The molecule has 122 valence electrons. The molecule has 1 unspecified atom stereocenters. The van der Waals surface area contributed by atoms with E-state index >= 15 is 0 Å². The Balaban J connectivity index is 1.61. The van der Waals surface area contributed by atoms with Gasteiger partial charge in [0.05, 0.1) is 5.76 Å². The number of aliphatic hydroxyl groups is 1. The van der Waals surface area contributed by atoms with Crippen LogP contribution in [0.5, 0.6) is 0 Å². The first-order chi connectivity index (χ1) is 10.6. The summed E-state index contributed by atoms with van der Waals surface area (Å²) in [6.07, 6.45) is 16.3. The highest BCUT2D eigenvalue weighted by molar-refractivity contribution is 5.13. The van der Waals surface area contributed by atoms with Gasteiger partial charge in [-0.25, -0.2) is 0 Å². The molecular weight excluding hydrogens is 268 g/mol. The molecule has 1 heteroatoms. The molecule has 4 aliphatic carbocycles. The topological polar surface area (TPSA) is 20.2 Å². The molecule has 22 heavy (non-hydrogen) atoms. The minimum atomic E-state index is 0.510. The monoisotopic (exact) mass is 300 g/mol. The molecular formula is C21H32O. The van der Waals surface area contributed by atoms with E-state index in [0.717, 1.165) is 41.8 Å². The van der Waals surface area contributed by atoms with Crippen molar-refractivity contribution < 1.29 is 5.11 Å². The van der Waals surface area contributed by atoms with Crippen LogP contribution in [0.4, 0.5) is 0 Å². The summed E-state index contributed by atoms with van der Waals surface area (Å²) in [6.45, 7) is 6.58. The van der Waals surface area contributed by atoms with Crippen molar-refractivity contribution in [3.05, 3.63) is 24.5 Å². The van der Waals surface area contributed by atoms with Gasteiger partial charge < -0.3 is 5.11 Å². The molecule has 0 radical (unpaired) electrons. The lowest BCUT2D eigenvalue weighted by atomic mass is 9.50. The zero-order valence-electron chi connectivity index (χ0n) is 14.1. The first kappa shape index (κ1) is 14.8. The third-order valence-electron chi connectivity index (χ3n) is 8.21. The molecule has 1 nitrogen and oxygen atoms in total. The van der Waals surface area contributed by atoms with Crippen molar-refractivity contribution in [2.45, 2.75) is 64.7 Å². The van der Waals surface area contributed by atoms with E-state index in [1.54, 1.807) is 0 Å². The molecule has 0 bridgehead atoms. The normalized spacial score (nSPS) is 50.5. The van der Waals surface area contributed by atoms with Crippen molar-refractivity contribution in [2.75, 3.05) is 0 Å². The molecule has 3 fully saturated rings. The second-order valence-electron chi connectivity index (χ2n) is 8.85. The van der Waals surface area contributed by atoms with Crippen molar-refractivity contribution >= 4 is 0 Å². The number of hydrogen-bond donors (Lipinski definition) is 1. The van der Waals surface area contributed by atoms with E-state index in [2.05, 4.69) is 25.7 Å². The Morgan fingerprint density at radius 3 is 2.86 bits per heavy atom. The third kappa shape index (κ3) is 2.03. The van der Waals surface area contributed by atoms with Crippen molar-refractivity contribution in [3.8, 4) is 0 Å². The van der Waals surface area contributed by atoms with Crippen LogP contribution in [0.15, 0.2) is 24.5 Å². The van der Waals surface area contributed by atoms with Gasteiger partial charge in [0, 0.05) is 5.92 Å². The quantitative estimate of drug-likeness (QED) is 0.631. The first-order valence-corrected chi connectivity index (χ1v) is 9.65. The van der Waals surface area contributed by atoms with Gasteiger partial charge in [-0.2, -0.15) is 0 Å². The summed E-state index contributed by atoms with van der Waals surface area (Å²) >= 11 is 0. The standard InChI is InChI=1S/C21H32O/c1-3-5-15-9-11-18-16-10-8-14-6-4-7-19(22)20(14)17(16)12-13-21(15,18)2/h3,7,14-18,20,22H,1,4-6,8-13H2,2H3/t14?,15-,16-,17+,18+,20+,21-/m1/s1. The molecule has 0 amide bonds. The maximum absolute atomic E-state index is 10.5. The van der Waals surface area contributed by atoms with Gasteiger partial charge in [-0.3, -0.25) is 0 Å². The van der Waals surface area contributed by atoms with Crippen molar-refractivity contribution in [3.63, 3.8) is 0 Å². The number of rotatable bonds is 2. The minimum Gasteiger partial charge on any atom is -0.512 e. The zero-order valence-corrected chi connectivity index (χ0v) is 14.1. The van der Waals surface area contributed by atoms with Crippen molar-refractivity contribution in [1.29, 1.82) is 0 Å². The summed E-state index contributed by atoms with van der Waals surface area (Å²) in [7, 11) is 0. The Hall–Kier alpha value is -0.720. The van der Waals surface area contributed by atoms with Crippen LogP contribution in [0.25, 0.3) is 0 Å². The number of fused-ring (bicyclic) bond motifs is 5. The molecule has 0 aromatic rings. The maximum atomic E-state index is 10.5. The fourth-order valence-corrected chi connectivity index (χ4v) is 7.18. The van der Waals surface area contributed by atoms with E-state index in [-0.39, 0.29) is 0 Å². The Kier molecular flexibility index (Phi) is 3.66. The molecule has 4 aliphatic rings. The second-order valence-corrected chi connectivity index (χ2v) is 8.85. The Morgan fingerprint density at radius 1 is 1.18 bits per heavy atom. The average Bonchev–Trinajstić information content (AvgIpc) is 2.85. The zero-order chi connectivity index (χ0) is 15.3. The van der Waals surface area contributed by atoms with Gasteiger partial charge in [0.2, 0.25) is 0 Å². The molecule has 0 aliphatic heterocycles. The highest BCUT2D eigenvalue weighted by Gasteiger charge is 2.56. The van der Waals surface area contributed by atoms with Crippen LogP contribution in [0.1, 0.15) is 64.7 Å². The van der Waals surface area contributed by atoms with Crippen LogP contribution >= 0.6 is 0 Å². The lowest BCUT2D eigenvalue weighted by molar-refractivity contribution is -0.0541. The van der Waals surface area contributed by atoms with Crippen LogP contribution < -0.4 is 0 Å². The van der Waals surface area contributed by atoms with E-state index in [9.17, 15) is 5.11 Å². The van der Waals surface area contributed by atoms with Crippen LogP contribution in [-0.2, 0) is 0 Å². The Bertz CT molecular complexity index is 478. The molecule has 3 saturated carbocycles. The molecule has 7 atom stereocenters. The van der Waals surface area contributed by atoms with Gasteiger partial charge in [-0.1, -0.05) is 13.0 Å². The van der Waals surface area contributed by atoms with Gasteiger partial charge >= 0.3 is 0 Å². The lowest BCUT2D eigenvalue weighted by Crippen LogP contribution is -2.48. The predicted octanol–water partition coefficient (Wildman–Crippen LogP) is 5.88. The summed E-state index contributed by atoms with van der Waals surface area (Å²) in [6, 6.07) is 0. The molecule has 0 saturated heterocycles. The number of allylic oxidation sites excluding steroid dienone is 3. The van der Waals surface area contributed by atoms with Gasteiger partial charge in [-0.05, 0) is 98.9 Å². The first-order valence-electron chi connectivity index (χ1n) is 9.65. The van der Waals surface area contributed by atoms with Gasteiger partial charge in [0.1, 0.15) is 0 Å². The highest BCUT2D eigenvalue weighted by atomic mass is 16.3. The van der Waals surface area contributed by atoms with Crippen LogP contribution in [0, 0.1) is 40.9 Å². The van der Waals surface area contributed by atoms with E-state index in [1.807, 2.05) is 0 Å². The van der Waals surface area contributed by atoms with Gasteiger partial charge in [0.15, 0.2) is 0 Å². The summed E-state index contributed by atoms with van der Waals surface area (Å²) < 4.78 is 0. The van der Waals surface area contributed by atoms with Crippen LogP contribution in [0.3, 0.4) is 0 Å². The van der Waals surface area contributed by atoms with Crippen molar-refractivity contribution in [2.24, 2.45) is 40.9 Å². The highest BCUT2D eigenvalue weighted by Crippen LogP contribution is 2.64. The van der Waals surface area contributed by atoms with Gasteiger partial charge in [0.25, 0.3) is 0 Å². The SMILES string of the molecule is C=CC[C@@H]1CC[C@H]2[C@@H]3CCC4CCC=C(O)[C@@H]4[C@H]3CC[C@]12C. The number of aliphatic hydroxyl groups excluding tert-OH is 1. The summed E-state index contributed by atoms with van der Waals surface area (Å²) in [5.41, 5.74) is 0.552. The molecule has 0 heterocycles. The fourth-order valence-electron chi connectivity index (χ4n) is 7.18. The molecule has 4 rings (SSSR count). The number of hydrogen-bond acceptors (Lipinski definition) is 1. The molecule has 0 aromatic carbocycles. The summed E-state index contributed by atoms with van der Waals surface area (Å²) in [5.74, 6) is 5.47. The Labute approximate surface area is 135 Å². The summed E-state index contributed by atoms with van der Waals surface area (Å²) in [5, 5.41) is 10.5. The van der Waals surface area contributed by atoms with Crippen molar-refractivity contribution in [1.82, 2.24) is 0 Å². The molecule has 0 spiro atoms. The fraction of sp³-hybridized carbons (Fsp3) is 0.810. The molecule has 0 aromatic heterocycles. The predicted molar refractivity (Wildman–Crippen MR) is 91.5 cm³/mol. The van der Waals surface area contributed by atoms with Gasteiger partial charge in [-0.15, -0.1) is 6.58 Å². The van der Waals surface area contributed by atoms with Crippen LogP contribution in [-0.4, -0.2) is 5.11 Å². The second kappa shape index (κ2) is 5.42. The largest absolute Gasteiger partial charge is 0.512 e. The van der Waals surface area contributed by atoms with E-state index in [0.29, 0.717) is 11.3 Å². The minimum absolute atomic E-state index is 0.510. The van der Waals surface area contributed by atoms with Crippen LogP contribution in [0.2, 0.25) is 0 Å². The average molecular weight is 300 g/mol. The smallest absolute Gasteiger partial charge is 0.0919 e. The maximum Gasteiger partial charge on any atom is 0.0919 e. The van der Waals surface area contributed by atoms with E-state index in [1.165, 1.54) is 51.4 Å².